The zero-order valence-electron chi connectivity index (χ0n) is 11.2. The van der Waals surface area contributed by atoms with Gasteiger partial charge >= 0.3 is 0 Å². The van der Waals surface area contributed by atoms with Gasteiger partial charge in [-0.05, 0) is 25.5 Å². The molecule has 1 aliphatic heterocycles. The second-order valence-electron chi connectivity index (χ2n) is 4.98. The Balaban J connectivity index is 1.77. The molecule has 0 saturated carbocycles. The smallest absolute Gasteiger partial charge is 0.258 e. The van der Waals surface area contributed by atoms with E-state index in [0.717, 1.165) is 24.4 Å². The van der Waals surface area contributed by atoms with E-state index in [4.69, 9.17) is 0 Å². The van der Waals surface area contributed by atoms with Crippen LogP contribution in [-0.4, -0.2) is 29.0 Å². The SMILES string of the molecule is Cc1cn2c(n1)CC[C@@H](NS(=O)(=O)c1ccccn1)C2. The summed E-state index contributed by atoms with van der Waals surface area (Å²) in [6.07, 6.45) is 4.97. The Morgan fingerprint density at radius 2 is 2.25 bits per heavy atom. The van der Waals surface area contributed by atoms with Gasteiger partial charge in [0.15, 0.2) is 5.03 Å². The molecule has 20 heavy (non-hydrogen) atoms. The zero-order chi connectivity index (χ0) is 14.2. The summed E-state index contributed by atoms with van der Waals surface area (Å²) in [6.45, 7) is 2.56. The fourth-order valence-corrected chi connectivity index (χ4v) is 3.68. The molecule has 6 nitrogen and oxygen atoms in total. The van der Waals surface area contributed by atoms with E-state index < -0.39 is 10.0 Å². The minimum atomic E-state index is -3.55. The largest absolute Gasteiger partial charge is 0.333 e. The number of sulfonamides is 1. The molecule has 7 heteroatoms. The number of nitrogens with zero attached hydrogens (tertiary/aromatic N) is 3. The molecule has 0 unspecified atom stereocenters. The van der Waals surface area contributed by atoms with Crippen LogP contribution in [0.5, 0.6) is 0 Å². The lowest BCUT2D eigenvalue weighted by atomic mass is 10.1. The molecule has 2 aromatic heterocycles. The fraction of sp³-hybridized carbons (Fsp3) is 0.385. The van der Waals surface area contributed by atoms with Gasteiger partial charge in [-0.1, -0.05) is 6.07 Å². The van der Waals surface area contributed by atoms with Gasteiger partial charge in [0.05, 0.1) is 5.69 Å². The molecule has 0 radical (unpaired) electrons. The van der Waals surface area contributed by atoms with Crippen LogP contribution in [-0.2, 0) is 23.0 Å². The maximum atomic E-state index is 12.2. The van der Waals surface area contributed by atoms with Crippen LogP contribution in [0.2, 0.25) is 0 Å². The van der Waals surface area contributed by atoms with Crippen LogP contribution in [0.1, 0.15) is 17.9 Å². The van der Waals surface area contributed by atoms with E-state index in [-0.39, 0.29) is 11.1 Å². The highest BCUT2D eigenvalue weighted by atomic mass is 32.2. The summed E-state index contributed by atoms with van der Waals surface area (Å²) in [7, 11) is -3.55. The number of fused-ring (bicyclic) bond motifs is 1. The molecule has 0 fully saturated rings. The quantitative estimate of drug-likeness (QED) is 0.911. The molecule has 0 amide bonds. The third kappa shape index (κ3) is 2.59. The van der Waals surface area contributed by atoms with Crippen molar-refractivity contribution in [2.45, 2.75) is 37.4 Å². The molecule has 3 rings (SSSR count). The van der Waals surface area contributed by atoms with Gasteiger partial charge in [-0.25, -0.2) is 23.1 Å². The molecule has 0 aliphatic carbocycles. The summed E-state index contributed by atoms with van der Waals surface area (Å²) < 4.78 is 29.2. The molecule has 3 heterocycles. The Kier molecular flexibility index (Phi) is 3.31. The zero-order valence-corrected chi connectivity index (χ0v) is 12.0. The topological polar surface area (TPSA) is 76.9 Å². The maximum Gasteiger partial charge on any atom is 0.258 e. The molecule has 2 aromatic rings. The Hall–Kier alpha value is -1.73. The number of hydrogen-bond acceptors (Lipinski definition) is 4. The molecule has 0 spiro atoms. The van der Waals surface area contributed by atoms with E-state index in [9.17, 15) is 8.42 Å². The summed E-state index contributed by atoms with van der Waals surface area (Å²) in [5, 5.41) is 0.0626. The summed E-state index contributed by atoms with van der Waals surface area (Å²) >= 11 is 0. The standard InChI is InChI=1S/C13H16N4O2S/c1-10-8-17-9-11(5-6-12(17)15-10)16-20(18,19)13-4-2-3-7-14-13/h2-4,7-8,11,16H,5-6,9H2,1H3/t11-/m1/s1. The van der Waals surface area contributed by atoms with Crippen LogP contribution < -0.4 is 4.72 Å². The van der Waals surface area contributed by atoms with Crippen LogP contribution in [0.3, 0.4) is 0 Å². The molecule has 0 bridgehead atoms. The van der Waals surface area contributed by atoms with Crippen molar-refractivity contribution in [2.75, 3.05) is 0 Å². The average molecular weight is 292 g/mol. The van der Waals surface area contributed by atoms with Gasteiger partial charge in [-0.15, -0.1) is 0 Å². The third-order valence-electron chi connectivity index (χ3n) is 3.35. The Bertz CT molecular complexity index is 709. The van der Waals surface area contributed by atoms with Crippen molar-refractivity contribution in [3.63, 3.8) is 0 Å². The third-order valence-corrected chi connectivity index (χ3v) is 4.78. The summed E-state index contributed by atoms with van der Waals surface area (Å²) in [6, 6.07) is 4.74. The first-order valence-electron chi connectivity index (χ1n) is 6.50. The lowest BCUT2D eigenvalue weighted by molar-refractivity contribution is 0.420. The van der Waals surface area contributed by atoms with Crippen LogP contribution >= 0.6 is 0 Å². The molecule has 0 saturated heterocycles. The first-order chi connectivity index (χ1) is 9.54. The highest BCUT2D eigenvalue weighted by molar-refractivity contribution is 7.89. The molecule has 0 aromatic carbocycles. The van der Waals surface area contributed by atoms with Gasteiger partial charge in [0.1, 0.15) is 5.82 Å². The highest BCUT2D eigenvalue weighted by Gasteiger charge is 2.25. The molecular weight excluding hydrogens is 276 g/mol. The minimum absolute atomic E-state index is 0.0626. The number of hydrogen-bond donors (Lipinski definition) is 1. The van der Waals surface area contributed by atoms with Gasteiger partial charge in [0, 0.05) is 31.4 Å². The van der Waals surface area contributed by atoms with Crippen molar-refractivity contribution in [2.24, 2.45) is 0 Å². The Labute approximate surface area is 117 Å². The van der Waals surface area contributed by atoms with E-state index in [1.165, 1.54) is 12.3 Å². The van der Waals surface area contributed by atoms with Gasteiger partial charge in [0.25, 0.3) is 10.0 Å². The molecule has 1 aliphatic rings. The number of pyridine rings is 1. The summed E-state index contributed by atoms with van der Waals surface area (Å²) in [5.74, 6) is 1.02. The van der Waals surface area contributed by atoms with E-state index in [0.29, 0.717) is 6.54 Å². The Morgan fingerprint density at radius 1 is 1.40 bits per heavy atom. The Morgan fingerprint density at radius 3 is 3.00 bits per heavy atom. The van der Waals surface area contributed by atoms with Crippen molar-refractivity contribution in [3.05, 3.63) is 42.1 Å². The summed E-state index contributed by atoms with van der Waals surface area (Å²) in [4.78, 5) is 8.31. The number of aryl methyl sites for hydroxylation is 2. The molecule has 1 atom stereocenters. The monoisotopic (exact) mass is 292 g/mol. The van der Waals surface area contributed by atoms with Crippen molar-refractivity contribution in [3.8, 4) is 0 Å². The van der Waals surface area contributed by atoms with E-state index in [2.05, 4.69) is 14.7 Å². The van der Waals surface area contributed by atoms with Crippen molar-refractivity contribution < 1.29 is 8.42 Å². The average Bonchev–Trinajstić information content (AvgIpc) is 2.79. The second-order valence-corrected chi connectivity index (χ2v) is 6.64. The molecule has 106 valence electrons. The number of imidazole rings is 1. The van der Waals surface area contributed by atoms with Gasteiger partial charge in [-0.3, -0.25) is 0 Å². The summed E-state index contributed by atoms with van der Waals surface area (Å²) in [5.41, 5.74) is 0.966. The highest BCUT2D eigenvalue weighted by Crippen LogP contribution is 2.16. The van der Waals surface area contributed by atoms with Crippen LogP contribution in [0.25, 0.3) is 0 Å². The predicted molar refractivity (Wildman–Crippen MR) is 73.6 cm³/mol. The number of nitrogens with one attached hydrogen (secondary N) is 1. The maximum absolute atomic E-state index is 12.2. The van der Waals surface area contributed by atoms with Crippen molar-refractivity contribution >= 4 is 10.0 Å². The van der Waals surface area contributed by atoms with Gasteiger partial charge in [-0.2, -0.15) is 0 Å². The van der Waals surface area contributed by atoms with Crippen molar-refractivity contribution in [1.82, 2.24) is 19.3 Å². The minimum Gasteiger partial charge on any atom is -0.333 e. The lowest BCUT2D eigenvalue weighted by Crippen LogP contribution is -2.41. The first kappa shape index (κ1) is 13.3. The van der Waals surface area contributed by atoms with Gasteiger partial charge < -0.3 is 4.57 Å². The molecular formula is C13H16N4O2S. The normalized spacial score (nSPS) is 18.8. The van der Waals surface area contributed by atoms with E-state index >= 15 is 0 Å². The molecule has 1 N–H and O–H groups in total. The van der Waals surface area contributed by atoms with E-state index in [1.807, 2.05) is 17.7 Å². The van der Waals surface area contributed by atoms with Crippen LogP contribution in [0, 0.1) is 6.92 Å². The lowest BCUT2D eigenvalue weighted by Gasteiger charge is -2.24. The van der Waals surface area contributed by atoms with Crippen LogP contribution in [0.4, 0.5) is 0 Å². The fourth-order valence-electron chi connectivity index (χ4n) is 2.47. The first-order valence-corrected chi connectivity index (χ1v) is 7.99. The van der Waals surface area contributed by atoms with Crippen LogP contribution in [0.15, 0.2) is 35.6 Å². The number of aromatic nitrogens is 3. The van der Waals surface area contributed by atoms with Crippen molar-refractivity contribution in [1.29, 1.82) is 0 Å². The second kappa shape index (κ2) is 4.99. The van der Waals surface area contributed by atoms with Gasteiger partial charge in [0.2, 0.25) is 0 Å². The number of rotatable bonds is 3. The predicted octanol–water partition coefficient (Wildman–Crippen LogP) is 0.880. The van der Waals surface area contributed by atoms with E-state index in [1.54, 1.807) is 12.1 Å².